The summed E-state index contributed by atoms with van der Waals surface area (Å²) >= 11 is 0. The van der Waals surface area contributed by atoms with Gasteiger partial charge in [0.05, 0.1) is 11.6 Å². The number of para-hydroxylation sites is 1. The van der Waals surface area contributed by atoms with Gasteiger partial charge < -0.3 is 4.98 Å². The van der Waals surface area contributed by atoms with Gasteiger partial charge in [-0.15, -0.1) is 0 Å². The number of nitrogens with one attached hydrogen (secondary N) is 1. The molecule has 0 spiro atoms. The molecule has 0 saturated heterocycles. The minimum absolute atomic E-state index is 0.657. The maximum absolute atomic E-state index is 9.62. The molecular weight excluding hydrogens is 304 g/mol. The van der Waals surface area contributed by atoms with Gasteiger partial charge in [-0.25, -0.2) is 0 Å². The number of nitrogens with zero attached hydrogens (tertiary/aromatic N) is 1. The van der Waals surface area contributed by atoms with Gasteiger partial charge in [0.2, 0.25) is 0 Å². The number of rotatable bonds is 3. The number of hydrogen-bond acceptors (Lipinski definition) is 1. The third kappa shape index (κ3) is 2.96. The van der Waals surface area contributed by atoms with Gasteiger partial charge in [-0.3, -0.25) is 0 Å². The lowest BCUT2D eigenvalue weighted by atomic mass is 10.0. The van der Waals surface area contributed by atoms with Crippen molar-refractivity contribution in [1.82, 2.24) is 4.98 Å². The fraction of sp³-hybridized carbons (Fsp3) is 0. The largest absolute Gasteiger partial charge is 0.361 e. The van der Waals surface area contributed by atoms with Crippen molar-refractivity contribution in [3.8, 4) is 17.2 Å². The molecule has 0 amide bonds. The first-order valence-corrected chi connectivity index (χ1v) is 8.19. The van der Waals surface area contributed by atoms with E-state index >= 15 is 0 Å². The third-order valence-electron chi connectivity index (χ3n) is 4.33. The Bertz CT molecular complexity index is 1080. The molecule has 0 aliphatic heterocycles. The standard InChI is InChI=1S/C23H16N2/c24-15-20(22-16-25-23-9-5-4-8-21(22)23)14-17-10-12-19(13-11-17)18-6-2-1-3-7-18/h1-14,16,25H/b20-14+. The fourth-order valence-electron chi connectivity index (χ4n) is 3.03. The average Bonchev–Trinajstić information content (AvgIpc) is 3.11. The van der Waals surface area contributed by atoms with Crippen LogP contribution in [-0.4, -0.2) is 4.98 Å². The minimum Gasteiger partial charge on any atom is -0.361 e. The smallest absolute Gasteiger partial charge is 0.0998 e. The quantitative estimate of drug-likeness (QED) is 0.469. The molecule has 0 fully saturated rings. The van der Waals surface area contributed by atoms with Gasteiger partial charge in [0.1, 0.15) is 0 Å². The van der Waals surface area contributed by atoms with Gasteiger partial charge in [-0.1, -0.05) is 72.8 Å². The first-order valence-electron chi connectivity index (χ1n) is 8.19. The number of hydrogen-bond donors (Lipinski definition) is 1. The van der Waals surface area contributed by atoms with Crippen molar-refractivity contribution < 1.29 is 0 Å². The van der Waals surface area contributed by atoms with Gasteiger partial charge in [-0.05, 0) is 28.8 Å². The van der Waals surface area contributed by atoms with E-state index in [2.05, 4.69) is 47.5 Å². The lowest BCUT2D eigenvalue weighted by Crippen LogP contribution is -1.82. The van der Waals surface area contributed by atoms with Crippen LogP contribution in [0.1, 0.15) is 11.1 Å². The molecule has 0 aliphatic carbocycles. The highest BCUT2D eigenvalue weighted by atomic mass is 14.7. The molecule has 2 heteroatoms. The summed E-state index contributed by atoms with van der Waals surface area (Å²) in [6.07, 6.45) is 3.84. The Morgan fingerprint density at radius 3 is 2.24 bits per heavy atom. The Kier molecular flexibility index (Phi) is 3.90. The van der Waals surface area contributed by atoms with Gasteiger partial charge >= 0.3 is 0 Å². The molecule has 0 unspecified atom stereocenters. The molecule has 1 aromatic heterocycles. The van der Waals surface area contributed by atoms with Crippen molar-refractivity contribution >= 4 is 22.6 Å². The van der Waals surface area contributed by atoms with Gasteiger partial charge in [0.25, 0.3) is 0 Å². The number of aromatic nitrogens is 1. The highest BCUT2D eigenvalue weighted by Gasteiger charge is 2.08. The highest BCUT2D eigenvalue weighted by Crippen LogP contribution is 2.27. The minimum atomic E-state index is 0.657. The monoisotopic (exact) mass is 320 g/mol. The summed E-state index contributed by atoms with van der Waals surface area (Å²) in [7, 11) is 0. The molecule has 0 radical (unpaired) electrons. The number of H-pyrrole nitrogens is 1. The van der Waals surface area contributed by atoms with E-state index in [0.717, 1.165) is 22.0 Å². The van der Waals surface area contributed by atoms with Crippen molar-refractivity contribution in [3.05, 3.63) is 96.2 Å². The molecule has 2 nitrogen and oxygen atoms in total. The second kappa shape index (κ2) is 6.51. The van der Waals surface area contributed by atoms with Crippen LogP contribution in [-0.2, 0) is 0 Å². The van der Waals surface area contributed by atoms with E-state index in [0.29, 0.717) is 5.57 Å². The first-order chi connectivity index (χ1) is 12.3. The second-order valence-corrected chi connectivity index (χ2v) is 5.91. The van der Waals surface area contributed by atoms with Crippen LogP contribution in [0.4, 0.5) is 0 Å². The van der Waals surface area contributed by atoms with Crippen LogP contribution in [0.2, 0.25) is 0 Å². The van der Waals surface area contributed by atoms with Crippen LogP contribution >= 0.6 is 0 Å². The van der Waals surface area contributed by atoms with Crippen molar-refractivity contribution in [3.63, 3.8) is 0 Å². The van der Waals surface area contributed by atoms with Crippen LogP contribution < -0.4 is 0 Å². The van der Waals surface area contributed by atoms with Crippen LogP contribution in [0.3, 0.4) is 0 Å². The number of aromatic amines is 1. The predicted octanol–water partition coefficient (Wildman–Crippen LogP) is 5.90. The molecule has 25 heavy (non-hydrogen) atoms. The lowest BCUT2D eigenvalue weighted by molar-refractivity contribution is 1.46. The maximum Gasteiger partial charge on any atom is 0.0998 e. The van der Waals surface area contributed by atoms with Crippen molar-refractivity contribution in [2.24, 2.45) is 0 Å². The lowest BCUT2D eigenvalue weighted by Gasteiger charge is -2.03. The Balaban J connectivity index is 1.70. The number of benzene rings is 3. The molecule has 0 aliphatic rings. The van der Waals surface area contributed by atoms with Gasteiger partial charge in [0, 0.05) is 22.7 Å². The zero-order chi connectivity index (χ0) is 17.1. The molecule has 4 rings (SSSR count). The fourth-order valence-corrected chi connectivity index (χ4v) is 3.03. The van der Waals surface area contributed by atoms with E-state index < -0.39 is 0 Å². The Morgan fingerprint density at radius 2 is 1.48 bits per heavy atom. The number of fused-ring (bicyclic) bond motifs is 1. The normalized spacial score (nSPS) is 11.4. The Morgan fingerprint density at radius 1 is 0.800 bits per heavy atom. The van der Waals surface area contributed by atoms with Crippen LogP contribution in [0, 0.1) is 11.3 Å². The molecule has 0 atom stereocenters. The topological polar surface area (TPSA) is 39.6 Å². The summed E-state index contributed by atoms with van der Waals surface area (Å²) in [6.45, 7) is 0. The van der Waals surface area contributed by atoms with E-state index in [-0.39, 0.29) is 0 Å². The van der Waals surface area contributed by atoms with Crippen LogP contribution in [0.5, 0.6) is 0 Å². The molecule has 3 aromatic carbocycles. The Labute approximate surface area is 146 Å². The van der Waals surface area contributed by atoms with Crippen molar-refractivity contribution in [2.45, 2.75) is 0 Å². The summed E-state index contributed by atoms with van der Waals surface area (Å²) < 4.78 is 0. The molecule has 0 saturated carbocycles. The summed E-state index contributed by atoms with van der Waals surface area (Å²) in [5.41, 5.74) is 6.01. The molecule has 0 bridgehead atoms. The molecule has 1 N–H and O–H groups in total. The Hall–Kier alpha value is -3.57. The molecular formula is C23H16N2. The maximum atomic E-state index is 9.62. The van der Waals surface area contributed by atoms with Crippen molar-refractivity contribution in [1.29, 1.82) is 5.26 Å². The van der Waals surface area contributed by atoms with Crippen molar-refractivity contribution in [2.75, 3.05) is 0 Å². The number of nitriles is 1. The van der Waals surface area contributed by atoms with E-state index in [1.165, 1.54) is 11.1 Å². The van der Waals surface area contributed by atoms with E-state index in [9.17, 15) is 5.26 Å². The molecule has 118 valence electrons. The van der Waals surface area contributed by atoms with E-state index in [1.54, 1.807) is 0 Å². The number of allylic oxidation sites excluding steroid dienone is 1. The average molecular weight is 320 g/mol. The SMILES string of the molecule is N#C/C(=C\c1ccc(-c2ccccc2)cc1)c1c[nH]c2ccccc12. The van der Waals surface area contributed by atoms with E-state index in [4.69, 9.17) is 0 Å². The summed E-state index contributed by atoms with van der Waals surface area (Å²) in [5, 5.41) is 10.7. The zero-order valence-corrected chi connectivity index (χ0v) is 13.6. The summed E-state index contributed by atoms with van der Waals surface area (Å²) in [6, 6.07) is 28.9. The second-order valence-electron chi connectivity index (χ2n) is 5.91. The van der Waals surface area contributed by atoms with Crippen LogP contribution in [0.15, 0.2) is 85.1 Å². The highest BCUT2D eigenvalue weighted by molar-refractivity contribution is 6.01. The van der Waals surface area contributed by atoms with Crippen LogP contribution in [0.25, 0.3) is 33.7 Å². The van der Waals surface area contributed by atoms with Gasteiger partial charge in [-0.2, -0.15) is 5.26 Å². The predicted molar refractivity (Wildman–Crippen MR) is 104 cm³/mol. The molecule has 1 heterocycles. The summed E-state index contributed by atoms with van der Waals surface area (Å²) in [5.74, 6) is 0. The first kappa shape index (κ1) is 15.0. The molecule has 4 aromatic rings. The summed E-state index contributed by atoms with van der Waals surface area (Å²) in [4.78, 5) is 3.23. The van der Waals surface area contributed by atoms with E-state index in [1.807, 2.05) is 54.7 Å². The van der Waals surface area contributed by atoms with Gasteiger partial charge in [0.15, 0.2) is 0 Å². The third-order valence-corrected chi connectivity index (χ3v) is 4.33. The zero-order valence-electron chi connectivity index (χ0n) is 13.6.